The molecule has 1 aromatic heterocycles. The number of halogens is 3. The molecule has 3 N–H and O–H groups in total. The number of nitrogens with two attached hydrogens (primary N) is 1. The van der Waals surface area contributed by atoms with Crippen LogP contribution in [0.15, 0.2) is 18.3 Å². The van der Waals surface area contributed by atoms with Gasteiger partial charge in [0.25, 0.3) is 0 Å². The van der Waals surface area contributed by atoms with Crippen molar-refractivity contribution >= 4 is 52.5 Å². The summed E-state index contributed by atoms with van der Waals surface area (Å²) in [7, 11) is 0. The number of aromatic nitrogens is 1. The molecule has 1 aromatic carbocycles. The van der Waals surface area contributed by atoms with Crippen LogP contribution >= 0.6 is 35.6 Å². The van der Waals surface area contributed by atoms with E-state index in [0.29, 0.717) is 23.1 Å². The van der Waals surface area contributed by atoms with Crippen molar-refractivity contribution in [2.24, 2.45) is 5.73 Å². The zero-order valence-electron chi connectivity index (χ0n) is 10.8. The third-order valence-electron chi connectivity index (χ3n) is 2.81. The van der Waals surface area contributed by atoms with Gasteiger partial charge in [-0.1, -0.05) is 23.2 Å². The molecule has 0 spiro atoms. The summed E-state index contributed by atoms with van der Waals surface area (Å²) in [5, 5.41) is 1.93. The molecular weight excluding hydrogens is 323 g/mol. The Hall–Kier alpha value is -0.940. The van der Waals surface area contributed by atoms with Crippen LogP contribution in [0.4, 0.5) is 0 Å². The molecule has 110 valence electrons. The van der Waals surface area contributed by atoms with Crippen molar-refractivity contribution in [1.82, 2.24) is 4.98 Å². The Morgan fingerprint density at radius 3 is 2.80 bits per heavy atom. The van der Waals surface area contributed by atoms with Gasteiger partial charge in [-0.3, -0.25) is 4.79 Å². The average molecular weight is 338 g/mol. The van der Waals surface area contributed by atoms with E-state index in [9.17, 15) is 4.79 Å². The normalized spacial score (nSPS) is 12.0. The highest BCUT2D eigenvalue weighted by molar-refractivity contribution is 6.38. The lowest BCUT2D eigenvalue weighted by Gasteiger charge is -2.10. The molecule has 0 saturated heterocycles. The van der Waals surface area contributed by atoms with Crippen molar-refractivity contribution < 1.29 is 9.53 Å². The largest absolute Gasteiger partial charge is 0.465 e. The molecule has 0 saturated carbocycles. The molecule has 1 heterocycles. The van der Waals surface area contributed by atoms with E-state index >= 15 is 0 Å². The first-order valence-corrected chi connectivity index (χ1v) is 6.65. The van der Waals surface area contributed by atoms with Crippen LogP contribution in [0.25, 0.3) is 10.9 Å². The number of nitrogens with one attached hydrogen (secondary N) is 1. The molecule has 0 bridgehead atoms. The second-order valence-electron chi connectivity index (χ2n) is 4.19. The summed E-state index contributed by atoms with van der Waals surface area (Å²) < 4.78 is 4.89. The van der Waals surface area contributed by atoms with E-state index < -0.39 is 12.0 Å². The molecule has 0 aliphatic carbocycles. The number of ether oxygens (including phenoxy) is 1. The average Bonchev–Trinajstić information content (AvgIpc) is 2.72. The van der Waals surface area contributed by atoms with Gasteiger partial charge >= 0.3 is 5.97 Å². The third kappa shape index (κ3) is 3.58. The molecule has 1 atom stereocenters. The van der Waals surface area contributed by atoms with Crippen LogP contribution in [0.2, 0.25) is 10.0 Å². The highest BCUT2D eigenvalue weighted by atomic mass is 35.5. The Morgan fingerprint density at radius 2 is 2.15 bits per heavy atom. The van der Waals surface area contributed by atoms with Crippen LogP contribution in [-0.2, 0) is 16.0 Å². The summed E-state index contributed by atoms with van der Waals surface area (Å²) in [6, 6.07) is 2.74. The number of carbonyl (C=O) groups excluding carboxylic acids is 1. The van der Waals surface area contributed by atoms with Crippen molar-refractivity contribution in [1.29, 1.82) is 0 Å². The van der Waals surface area contributed by atoms with Gasteiger partial charge in [0.2, 0.25) is 0 Å². The minimum atomic E-state index is -0.703. The van der Waals surface area contributed by atoms with Gasteiger partial charge in [-0.05, 0) is 24.6 Å². The SMILES string of the molecule is CCOC(=O)C(N)Cc1c[nH]c2cc(Cl)cc(Cl)c12.Cl. The highest BCUT2D eigenvalue weighted by Crippen LogP contribution is 2.30. The second kappa shape index (κ2) is 7.18. The first kappa shape index (κ1) is 17.1. The number of carbonyl (C=O) groups is 1. The summed E-state index contributed by atoms with van der Waals surface area (Å²) >= 11 is 12.1. The van der Waals surface area contributed by atoms with Gasteiger partial charge in [-0.15, -0.1) is 12.4 Å². The number of esters is 1. The Balaban J connectivity index is 0.00000200. The van der Waals surface area contributed by atoms with Gasteiger partial charge < -0.3 is 15.5 Å². The Labute approximate surface area is 133 Å². The maximum atomic E-state index is 11.5. The Morgan fingerprint density at radius 1 is 1.45 bits per heavy atom. The zero-order valence-corrected chi connectivity index (χ0v) is 13.1. The molecule has 0 fully saturated rings. The lowest BCUT2D eigenvalue weighted by Crippen LogP contribution is -2.34. The van der Waals surface area contributed by atoms with E-state index in [1.165, 1.54) is 0 Å². The van der Waals surface area contributed by atoms with Crippen LogP contribution < -0.4 is 5.73 Å². The lowest BCUT2D eigenvalue weighted by atomic mass is 10.1. The van der Waals surface area contributed by atoms with E-state index in [0.717, 1.165) is 16.5 Å². The molecule has 1 unspecified atom stereocenters. The fourth-order valence-corrected chi connectivity index (χ4v) is 2.60. The van der Waals surface area contributed by atoms with Gasteiger partial charge in [0, 0.05) is 28.5 Å². The maximum Gasteiger partial charge on any atom is 0.323 e. The van der Waals surface area contributed by atoms with E-state index in [1.54, 1.807) is 25.3 Å². The van der Waals surface area contributed by atoms with Gasteiger partial charge in [0.1, 0.15) is 6.04 Å². The van der Waals surface area contributed by atoms with Crippen molar-refractivity contribution in [2.45, 2.75) is 19.4 Å². The first-order valence-electron chi connectivity index (χ1n) is 5.90. The van der Waals surface area contributed by atoms with Crippen molar-refractivity contribution in [3.63, 3.8) is 0 Å². The smallest absolute Gasteiger partial charge is 0.323 e. The Bertz CT molecular complexity index is 613. The highest BCUT2D eigenvalue weighted by Gasteiger charge is 2.18. The van der Waals surface area contributed by atoms with Crippen molar-refractivity contribution in [2.75, 3.05) is 6.61 Å². The monoisotopic (exact) mass is 336 g/mol. The van der Waals surface area contributed by atoms with Crippen LogP contribution in [-0.4, -0.2) is 23.6 Å². The van der Waals surface area contributed by atoms with Gasteiger partial charge in [0.15, 0.2) is 0 Å². The molecule has 2 rings (SSSR count). The number of aromatic amines is 1. The van der Waals surface area contributed by atoms with Crippen LogP contribution in [0, 0.1) is 0 Å². The minimum absolute atomic E-state index is 0. The first-order chi connectivity index (χ1) is 9.02. The van der Waals surface area contributed by atoms with Crippen molar-refractivity contribution in [3.05, 3.63) is 33.9 Å². The molecule has 0 aliphatic rings. The van der Waals surface area contributed by atoms with E-state index in [-0.39, 0.29) is 12.4 Å². The number of rotatable bonds is 4. The van der Waals surface area contributed by atoms with Crippen LogP contribution in [0.5, 0.6) is 0 Å². The topological polar surface area (TPSA) is 68.1 Å². The summed E-state index contributed by atoms with van der Waals surface area (Å²) in [6.07, 6.45) is 2.14. The fraction of sp³-hybridized carbons (Fsp3) is 0.308. The molecule has 0 amide bonds. The lowest BCUT2D eigenvalue weighted by molar-refractivity contribution is -0.144. The number of hydrogen-bond donors (Lipinski definition) is 2. The number of hydrogen-bond acceptors (Lipinski definition) is 3. The molecular formula is C13H15Cl3N2O2. The predicted octanol–water partition coefficient (Wildman–Crippen LogP) is 3.33. The summed E-state index contributed by atoms with van der Waals surface area (Å²) in [4.78, 5) is 14.6. The van der Waals surface area contributed by atoms with Gasteiger partial charge in [-0.2, -0.15) is 0 Å². The summed E-state index contributed by atoms with van der Waals surface area (Å²) in [5.74, 6) is -0.415. The third-order valence-corrected chi connectivity index (χ3v) is 3.32. The standard InChI is InChI=1S/C13H14Cl2N2O2.ClH/c1-2-19-13(18)10(16)3-7-6-17-11-5-8(14)4-9(15)12(7)11;/h4-6,10,17H,2-3,16H2,1H3;1H. The molecule has 0 radical (unpaired) electrons. The molecule has 20 heavy (non-hydrogen) atoms. The van der Waals surface area contributed by atoms with Crippen LogP contribution in [0.1, 0.15) is 12.5 Å². The van der Waals surface area contributed by atoms with E-state index in [4.69, 9.17) is 33.7 Å². The summed E-state index contributed by atoms with van der Waals surface area (Å²) in [6.45, 7) is 2.06. The minimum Gasteiger partial charge on any atom is -0.465 e. The summed E-state index contributed by atoms with van der Waals surface area (Å²) in [5.41, 5.74) is 7.50. The van der Waals surface area contributed by atoms with E-state index in [1.807, 2.05) is 0 Å². The second-order valence-corrected chi connectivity index (χ2v) is 5.03. The maximum absolute atomic E-state index is 11.5. The number of fused-ring (bicyclic) bond motifs is 1. The molecule has 4 nitrogen and oxygen atoms in total. The fourth-order valence-electron chi connectivity index (χ4n) is 1.98. The number of H-pyrrole nitrogens is 1. The molecule has 2 aromatic rings. The molecule has 0 aliphatic heterocycles. The van der Waals surface area contributed by atoms with Crippen molar-refractivity contribution in [3.8, 4) is 0 Å². The number of benzene rings is 1. The Kier molecular flexibility index (Phi) is 6.14. The van der Waals surface area contributed by atoms with Gasteiger partial charge in [-0.25, -0.2) is 0 Å². The van der Waals surface area contributed by atoms with Gasteiger partial charge in [0.05, 0.1) is 11.6 Å². The zero-order chi connectivity index (χ0) is 14.0. The van der Waals surface area contributed by atoms with E-state index in [2.05, 4.69) is 4.98 Å². The molecule has 7 heteroatoms. The quantitative estimate of drug-likeness (QED) is 0.841. The van der Waals surface area contributed by atoms with Crippen LogP contribution in [0.3, 0.4) is 0 Å². The predicted molar refractivity (Wildman–Crippen MR) is 83.9 cm³/mol.